The van der Waals surface area contributed by atoms with E-state index >= 15 is 0 Å². The Morgan fingerprint density at radius 2 is 1.68 bits per heavy atom. The third-order valence-electron chi connectivity index (χ3n) is 7.37. The average Bonchev–Trinajstić information content (AvgIpc) is 3.57. The Labute approximate surface area is 218 Å². The van der Waals surface area contributed by atoms with E-state index in [-0.39, 0.29) is 11.9 Å². The van der Waals surface area contributed by atoms with Crippen molar-refractivity contribution in [1.82, 2.24) is 25.1 Å². The molecule has 1 saturated carbocycles. The van der Waals surface area contributed by atoms with Gasteiger partial charge in [0.15, 0.2) is 0 Å². The van der Waals surface area contributed by atoms with Crippen molar-refractivity contribution in [3.05, 3.63) is 85.1 Å². The summed E-state index contributed by atoms with van der Waals surface area (Å²) in [5.41, 5.74) is 7.03. The zero-order valence-electron chi connectivity index (χ0n) is 20.7. The number of nitrogens with zero attached hydrogens (tertiary/aromatic N) is 3. The van der Waals surface area contributed by atoms with Crippen molar-refractivity contribution in [1.29, 1.82) is 0 Å². The fourth-order valence-electron chi connectivity index (χ4n) is 5.46. The van der Waals surface area contributed by atoms with E-state index in [0.29, 0.717) is 0 Å². The second-order valence-corrected chi connectivity index (χ2v) is 9.93. The first-order valence-corrected chi connectivity index (χ1v) is 13.1. The molecule has 188 valence electrons. The lowest BCUT2D eigenvalue weighted by molar-refractivity contribution is 0.154. The van der Waals surface area contributed by atoms with Crippen LogP contribution >= 0.6 is 0 Å². The number of aromatic nitrogens is 5. The molecule has 0 atom stereocenters. The van der Waals surface area contributed by atoms with Crippen molar-refractivity contribution in [3.63, 3.8) is 0 Å². The molecule has 1 aliphatic carbocycles. The molecule has 7 rings (SSSR count). The molecule has 6 aromatic rings. The molecule has 0 amide bonds. The van der Waals surface area contributed by atoms with E-state index in [1.54, 1.807) is 18.5 Å². The molecule has 2 aromatic carbocycles. The normalized spacial score (nSPS) is 14.3. The van der Waals surface area contributed by atoms with Crippen LogP contribution in [0.5, 0.6) is 5.75 Å². The number of H-pyrrole nitrogens is 2. The summed E-state index contributed by atoms with van der Waals surface area (Å²) in [6, 6.07) is 18.8. The number of ether oxygens (including phenoxy) is 1. The Morgan fingerprint density at radius 3 is 2.58 bits per heavy atom. The summed E-state index contributed by atoms with van der Waals surface area (Å²) in [5.74, 6) is 0.528. The molecule has 0 radical (unpaired) electrons. The van der Waals surface area contributed by atoms with E-state index in [0.717, 1.165) is 74.2 Å². The molecule has 0 aliphatic heterocycles. The van der Waals surface area contributed by atoms with Crippen LogP contribution < -0.4 is 4.74 Å². The van der Waals surface area contributed by atoms with E-state index in [2.05, 4.69) is 43.3 Å². The van der Waals surface area contributed by atoms with Crippen molar-refractivity contribution in [2.75, 3.05) is 0 Å². The molecule has 2 N–H and O–H groups in total. The lowest BCUT2D eigenvalue weighted by atomic mass is 9.98. The molecule has 6 nitrogen and oxygen atoms in total. The van der Waals surface area contributed by atoms with Crippen LogP contribution in [0.4, 0.5) is 4.39 Å². The molecular weight excluding hydrogens is 477 g/mol. The maximum absolute atomic E-state index is 13.9. The van der Waals surface area contributed by atoms with Crippen molar-refractivity contribution in [3.8, 4) is 39.5 Å². The first-order valence-electron chi connectivity index (χ1n) is 13.1. The molecule has 0 bridgehead atoms. The molecule has 1 aliphatic rings. The summed E-state index contributed by atoms with van der Waals surface area (Å²) in [6.07, 6.45) is 11.6. The Bertz CT molecular complexity index is 1770. The Hall–Kier alpha value is -4.52. The van der Waals surface area contributed by atoms with Crippen LogP contribution in [0.2, 0.25) is 0 Å². The van der Waals surface area contributed by atoms with Gasteiger partial charge in [-0.2, -0.15) is 5.10 Å². The monoisotopic (exact) mass is 503 g/mol. The predicted molar refractivity (Wildman–Crippen MR) is 147 cm³/mol. The molecule has 0 spiro atoms. The number of aromatic amines is 2. The fourth-order valence-corrected chi connectivity index (χ4v) is 5.46. The minimum absolute atomic E-state index is 0.275. The lowest BCUT2D eigenvalue weighted by Gasteiger charge is -2.23. The van der Waals surface area contributed by atoms with Gasteiger partial charge in [-0.3, -0.25) is 15.1 Å². The van der Waals surface area contributed by atoms with Crippen molar-refractivity contribution < 1.29 is 9.13 Å². The van der Waals surface area contributed by atoms with Crippen LogP contribution in [0.3, 0.4) is 0 Å². The maximum Gasteiger partial charge on any atom is 0.138 e. The SMILES string of the molecule is Fc1cccc(-c2nccc3[nH]c(-c4n[nH]c5ccc(-c6cncc(OC7CCCCC7)c6)cc45)cc23)c1. The fraction of sp³-hybridized carbons (Fsp3) is 0.194. The third-order valence-corrected chi connectivity index (χ3v) is 7.37. The van der Waals surface area contributed by atoms with Crippen LogP contribution in [-0.2, 0) is 0 Å². The summed E-state index contributed by atoms with van der Waals surface area (Å²) < 4.78 is 20.2. The van der Waals surface area contributed by atoms with Crippen LogP contribution in [-0.4, -0.2) is 31.3 Å². The summed E-state index contributed by atoms with van der Waals surface area (Å²) in [6.45, 7) is 0. The number of fused-ring (bicyclic) bond motifs is 2. The van der Waals surface area contributed by atoms with E-state index in [9.17, 15) is 4.39 Å². The van der Waals surface area contributed by atoms with Gasteiger partial charge in [0.2, 0.25) is 0 Å². The van der Waals surface area contributed by atoms with Gasteiger partial charge in [0.25, 0.3) is 0 Å². The van der Waals surface area contributed by atoms with Crippen molar-refractivity contribution in [2.24, 2.45) is 0 Å². The van der Waals surface area contributed by atoms with Gasteiger partial charge in [-0.05, 0) is 73.7 Å². The third kappa shape index (κ3) is 4.20. The molecule has 38 heavy (non-hydrogen) atoms. The smallest absolute Gasteiger partial charge is 0.138 e. The zero-order chi connectivity index (χ0) is 25.5. The summed E-state index contributed by atoms with van der Waals surface area (Å²) >= 11 is 0. The molecule has 4 aromatic heterocycles. The summed E-state index contributed by atoms with van der Waals surface area (Å²) in [4.78, 5) is 12.5. The highest BCUT2D eigenvalue weighted by Gasteiger charge is 2.17. The van der Waals surface area contributed by atoms with Gasteiger partial charge < -0.3 is 9.72 Å². The number of benzene rings is 2. The first-order chi connectivity index (χ1) is 18.7. The van der Waals surface area contributed by atoms with Gasteiger partial charge in [-0.25, -0.2) is 4.39 Å². The van der Waals surface area contributed by atoms with Crippen LogP contribution in [0.15, 0.2) is 79.3 Å². The number of hydrogen-bond acceptors (Lipinski definition) is 4. The molecule has 1 fully saturated rings. The van der Waals surface area contributed by atoms with E-state index in [4.69, 9.17) is 4.74 Å². The number of pyridine rings is 2. The minimum atomic E-state index is -0.286. The van der Waals surface area contributed by atoms with E-state index < -0.39 is 0 Å². The zero-order valence-corrected chi connectivity index (χ0v) is 20.7. The second kappa shape index (κ2) is 9.41. The highest BCUT2D eigenvalue weighted by Crippen LogP contribution is 2.35. The summed E-state index contributed by atoms with van der Waals surface area (Å²) in [5, 5.41) is 9.69. The van der Waals surface area contributed by atoms with Gasteiger partial charge in [0.1, 0.15) is 17.3 Å². The van der Waals surface area contributed by atoms with Crippen LogP contribution in [0.25, 0.3) is 55.6 Å². The van der Waals surface area contributed by atoms with E-state index in [1.165, 1.54) is 31.4 Å². The van der Waals surface area contributed by atoms with Crippen molar-refractivity contribution >= 4 is 21.8 Å². The lowest BCUT2D eigenvalue weighted by Crippen LogP contribution is -2.19. The number of hydrogen-bond donors (Lipinski definition) is 2. The van der Waals surface area contributed by atoms with Gasteiger partial charge in [0.05, 0.1) is 29.2 Å². The highest BCUT2D eigenvalue weighted by atomic mass is 19.1. The summed E-state index contributed by atoms with van der Waals surface area (Å²) in [7, 11) is 0. The number of halogens is 1. The molecule has 0 saturated heterocycles. The van der Waals surface area contributed by atoms with Crippen molar-refractivity contribution in [2.45, 2.75) is 38.2 Å². The largest absolute Gasteiger partial charge is 0.489 e. The minimum Gasteiger partial charge on any atom is -0.489 e. The Morgan fingerprint density at radius 1 is 0.789 bits per heavy atom. The number of nitrogens with one attached hydrogen (secondary N) is 2. The maximum atomic E-state index is 13.9. The standard InChI is InChI=1S/C31H26FN5O/c32-22-6-4-5-20(13-22)30-26-16-29(35-27(26)11-12-34-30)31-25-15-19(9-10-28(25)36-37-31)21-14-24(18-33-17-21)38-23-7-2-1-3-8-23/h4-6,9-18,23,35H,1-3,7-8H2,(H,36,37). The van der Waals surface area contributed by atoms with Gasteiger partial charge >= 0.3 is 0 Å². The Balaban J connectivity index is 1.26. The van der Waals surface area contributed by atoms with Crippen LogP contribution in [0.1, 0.15) is 32.1 Å². The predicted octanol–water partition coefficient (Wildman–Crippen LogP) is 7.69. The van der Waals surface area contributed by atoms with E-state index in [1.807, 2.05) is 30.5 Å². The molecular formula is C31H26FN5O. The van der Waals surface area contributed by atoms with Gasteiger partial charge in [0, 0.05) is 39.8 Å². The first kappa shape index (κ1) is 22.7. The molecule has 4 heterocycles. The quantitative estimate of drug-likeness (QED) is 0.253. The molecule has 7 heteroatoms. The Kier molecular flexibility index (Phi) is 5.61. The number of rotatable bonds is 5. The molecule has 0 unspecified atom stereocenters. The average molecular weight is 504 g/mol. The van der Waals surface area contributed by atoms with Crippen LogP contribution in [0, 0.1) is 5.82 Å². The van der Waals surface area contributed by atoms with Gasteiger partial charge in [-0.15, -0.1) is 0 Å². The van der Waals surface area contributed by atoms with Gasteiger partial charge in [-0.1, -0.05) is 24.6 Å². The highest BCUT2D eigenvalue weighted by molar-refractivity contribution is 6.00. The second-order valence-electron chi connectivity index (χ2n) is 9.93. The topological polar surface area (TPSA) is 79.5 Å².